The molecule has 1 heterocycles. The van der Waals surface area contributed by atoms with Crippen LogP contribution in [0.15, 0.2) is 53.4 Å². The zero-order valence-electron chi connectivity index (χ0n) is 19.2. The van der Waals surface area contributed by atoms with Gasteiger partial charge >= 0.3 is 0 Å². The van der Waals surface area contributed by atoms with Crippen LogP contribution in [0.25, 0.3) is 0 Å². The first-order chi connectivity index (χ1) is 16.3. The molecular weight excluding hydrogens is 456 g/mol. The number of hydrogen-bond donors (Lipinski definition) is 3. The number of sulfonamides is 1. The minimum Gasteiger partial charge on any atom is -0.379 e. The molecule has 182 valence electrons. The van der Waals surface area contributed by atoms with E-state index in [2.05, 4.69) is 20.3 Å². The normalized spacial score (nSPS) is 17.6. The monoisotopic (exact) mass is 486 g/mol. The maximum atomic E-state index is 12.9. The van der Waals surface area contributed by atoms with E-state index in [0.29, 0.717) is 17.9 Å². The molecule has 2 aromatic carbocycles. The summed E-state index contributed by atoms with van der Waals surface area (Å²) in [6.07, 6.45) is 1.56. The molecule has 0 spiro atoms. The van der Waals surface area contributed by atoms with Crippen LogP contribution >= 0.6 is 0 Å². The molecule has 0 atom stereocenters. The highest BCUT2D eigenvalue weighted by atomic mass is 32.2. The predicted octanol–water partition coefficient (Wildman–Crippen LogP) is 1.93. The van der Waals surface area contributed by atoms with Crippen LogP contribution in [-0.2, 0) is 29.8 Å². The van der Waals surface area contributed by atoms with Gasteiger partial charge in [-0.1, -0.05) is 12.1 Å². The number of anilines is 2. The summed E-state index contributed by atoms with van der Waals surface area (Å²) in [5, 5.41) is 5.67. The third-order valence-corrected chi connectivity index (χ3v) is 7.57. The van der Waals surface area contributed by atoms with Crippen LogP contribution in [0.5, 0.6) is 0 Å². The summed E-state index contributed by atoms with van der Waals surface area (Å²) in [4.78, 5) is 26.4. The molecule has 1 saturated heterocycles. The van der Waals surface area contributed by atoms with Gasteiger partial charge in [0.2, 0.25) is 11.8 Å². The molecule has 1 aliphatic carbocycles. The summed E-state index contributed by atoms with van der Waals surface area (Å²) in [6.45, 7) is 6.02. The second kappa shape index (κ2) is 10.1. The van der Waals surface area contributed by atoms with E-state index in [0.717, 1.165) is 51.3 Å². The van der Waals surface area contributed by atoms with E-state index in [1.165, 1.54) is 31.2 Å². The van der Waals surface area contributed by atoms with Crippen LogP contribution in [0.4, 0.5) is 11.4 Å². The van der Waals surface area contributed by atoms with Crippen molar-refractivity contribution in [3.05, 3.63) is 54.1 Å². The van der Waals surface area contributed by atoms with Gasteiger partial charge in [-0.15, -0.1) is 0 Å². The third-order valence-electron chi connectivity index (χ3n) is 6.18. The van der Waals surface area contributed by atoms with Crippen LogP contribution in [-0.4, -0.2) is 64.5 Å². The quantitative estimate of drug-likeness (QED) is 0.499. The van der Waals surface area contributed by atoms with E-state index in [1.54, 1.807) is 12.1 Å². The molecule has 9 nitrogen and oxygen atoms in total. The zero-order valence-corrected chi connectivity index (χ0v) is 20.0. The van der Waals surface area contributed by atoms with Gasteiger partial charge in [-0.25, -0.2) is 8.42 Å². The molecule has 10 heteroatoms. The molecule has 2 aliphatic rings. The van der Waals surface area contributed by atoms with Crippen LogP contribution in [0.2, 0.25) is 0 Å². The molecule has 3 N–H and O–H groups in total. The Morgan fingerprint density at radius 1 is 0.971 bits per heavy atom. The minimum atomic E-state index is -3.79. The van der Waals surface area contributed by atoms with Crippen LogP contribution in [0.3, 0.4) is 0 Å². The topological polar surface area (TPSA) is 117 Å². The Morgan fingerprint density at radius 3 is 2.18 bits per heavy atom. The lowest BCUT2D eigenvalue weighted by atomic mass is 9.95. The van der Waals surface area contributed by atoms with Crippen molar-refractivity contribution in [2.75, 3.05) is 49.4 Å². The number of amides is 2. The molecule has 4 rings (SSSR count). The fraction of sp³-hybridized carbons (Fsp3) is 0.417. The van der Waals surface area contributed by atoms with Gasteiger partial charge in [-0.05, 0) is 54.8 Å². The fourth-order valence-electron chi connectivity index (χ4n) is 4.09. The molecule has 2 amide bonds. The second-order valence-electron chi connectivity index (χ2n) is 8.68. The highest BCUT2D eigenvalue weighted by molar-refractivity contribution is 7.92. The van der Waals surface area contributed by atoms with Crippen molar-refractivity contribution in [3.8, 4) is 0 Å². The second-order valence-corrected chi connectivity index (χ2v) is 10.4. The molecule has 1 aliphatic heterocycles. The Kier molecular flexibility index (Phi) is 7.20. The molecule has 0 radical (unpaired) electrons. The van der Waals surface area contributed by atoms with E-state index in [9.17, 15) is 18.0 Å². The summed E-state index contributed by atoms with van der Waals surface area (Å²) in [5.41, 5.74) is 1.30. The first kappa shape index (κ1) is 24.2. The van der Waals surface area contributed by atoms with E-state index in [-0.39, 0.29) is 16.7 Å². The highest BCUT2D eigenvalue weighted by Crippen LogP contribution is 2.48. The van der Waals surface area contributed by atoms with Gasteiger partial charge in [0.1, 0.15) is 0 Å². The predicted molar refractivity (Wildman–Crippen MR) is 129 cm³/mol. The maximum absolute atomic E-state index is 12.9. The lowest BCUT2D eigenvalue weighted by molar-refractivity contribution is -0.123. The van der Waals surface area contributed by atoms with Crippen molar-refractivity contribution in [1.29, 1.82) is 0 Å². The van der Waals surface area contributed by atoms with Gasteiger partial charge in [0.15, 0.2) is 0 Å². The number of nitrogens with one attached hydrogen (secondary N) is 3. The zero-order chi connectivity index (χ0) is 24.2. The minimum absolute atomic E-state index is 0.0216. The Morgan fingerprint density at radius 2 is 1.59 bits per heavy atom. The van der Waals surface area contributed by atoms with Gasteiger partial charge in [-0.3, -0.25) is 19.2 Å². The first-order valence-corrected chi connectivity index (χ1v) is 12.9. The third kappa shape index (κ3) is 5.75. The number of carbonyl (C=O) groups is 2. The highest BCUT2D eigenvalue weighted by Gasteiger charge is 2.51. The Bertz CT molecular complexity index is 1120. The average Bonchev–Trinajstić information content (AvgIpc) is 3.62. The van der Waals surface area contributed by atoms with Crippen molar-refractivity contribution in [2.45, 2.75) is 30.1 Å². The van der Waals surface area contributed by atoms with E-state index >= 15 is 0 Å². The summed E-state index contributed by atoms with van der Waals surface area (Å²) in [7, 11) is -3.79. The van der Waals surface area contributed by atoms with Crippen LogP contribution < -0.4 is 15.4 Å². The molecule has 0 unspecified atom stereocenters. The molecule has 0 bridgehead atoms. The van der Waals surface area contributed by atoms with Crippen LogP contribution in [0.1, 0.15) is 25.3 Å². The molecular formula is C24H30N4O5S. The Labute approximate surface area is 199 Å². The van der Waals surface area contributed by atoms with Crippen molar-refractivity contribution in [1.82, 2.24) is 10.2 Å². The van der Waals surface area contributed by atoms with Crippen molar-refractivity contribution >= 4 is 33.2 Å². The van der Waals surface area contributed by atoms with Crippen molar-refractivity contribution in [2.24, 2.45) is 0 Å². The van der Waals surface area contributed by atoms with E-state index in [4.69, 9.17) is 4.74 Å². The van der Waals surface area contributed by atoms with Gasteiger partial charge in [0, 0.05) is 44.5 Å². The molecule has 0 aromatic heterocycles. The number of benzene rings is 2. The van der Waals surface area contributed by atoms with Crippen LogP contribution in [0, 0.1) is 0 Å². The summed E-state index contributed by atoms with van der Waals surface area (Å²) in [5.74, 6) is -0.207. The molecule has 2 fully saturated rings. The number of ether oxygens (including phenoxy) is 1. The number of morpholine rings is 1. The Hall–Kier alpha value is -2.95. The molecule has 1 saturated carbocycles. The first-order valence-electron chi connectivity index (χ1n) is 11.4. The number of rotatable bonds is 9. The Balaban J connectivity index is 1.34. The standard InChI is InChI=1S/C24H30N4O5S/c1-18(29)26-20-6-8-22(9-7-20)34(31,32)27-21-4-2-19(3-5-21)24(10-11-24)23(30)25-12-13-28-14-16-33-17-15-28/h2-9,27H,10-17H2,1H3,(H,25,30)(H,26,29). The molecule has 2 aromatic rings. The lowest BCUT2D eigenvalue weighted by Gasteiger charge is -2.27. The average molecular weight is 487 g/mol. The summed E-state index contributed by atoms with van der Waals surface area (Å²) in [6, 6.07) is 12.9. The number of nitrogens with zero attached hydrogens (tertiary/aromatic N) is 1. The lowest BCUT2D eigenvalue weighted by Crippen LogP contribution is -2.43. The largest absolute Gasteiger partial charge is 0.379 e. The summed E-state index contributed by atoms with van der Waals surface area (Å²) >= 11 is 0. The van der Waals surface area contributed by atoms with Crippen molar-refractivity contribution in [3.63, 3.8) is 0 Å². The summed E-state index contributed by atoms with van der Waals surface area (Å²) < 4.78 is 33.3. The SMILES string of the molecule is CC(=O)Nc1ccc(S(=O)(=O)Nc2ccc(C3(C(=O)NCCN4CCOCC4)CC3)cc2)cc1. The van der Waals surface area contributed by atoms with E-state index in [1.807, 2.05) is 12.1 Å². The fourth-order valence-corrected chi connectivity index (χ4v) is 5.14. The number of carbonyl (C=O) groups excluding carboxylic acids is 2. The van der Waals surface area contributed by atoms with E-state index < -0.39 is 15.4 Å². The van der Waals surface area contributed by atoms with Gasteiger partial charge in [0.05, 0.1) is 23.5 Å². The number of hydrogen-bond acceptors (Lipinski definition) is 6. The van der Waals surface area contributed by atoms with Gasteiger partial charge < -0.3 is 15.4 Å². The van der Waals surface area contributed by atoms with Crippen molar-refractivity contribution < 1.29 is 22.7 Å². The maximum Gasteiger partial charge on any atom is 0.261 e. The van der Waals surface area contributed by atoms with Gasteiger partial charge in [-0.2, -0.15) is 0 Å². The smallest absolute Gasteiger partial charge is 0.261 e. The molecule has 34 heavy (non-hydrogen) atoms. The van der Waals surface area contributed by atoms with Gasteiger partial charge in [0.25, 0.3) is 10.0 Å².